The van der Waals surface area contributed by atoms with E-state index in [2.05, 4.69) is 5.32 Å². The molecule has 5 nitrogen and oxygen atoms in total. The first-order valence-electron chi connectivity index (χ1n) is 9.48. The molecule has 1 aliphatic heterocycles. The number of nitrogens with zero attached hydrogens (tertiary/aromatic N) is 2. The zero-order valence-corrected chi connectivity index (χ0v) is 16.0. The molecule has 2 amide bonds. The third-order valence-electron chi connectivity index (χ3n) is 5.12. The van der Waals surface area contributed by atoms with E-state index in [9.17, 15) is 14.0 Å². The van der Waals surface area contributed by atoms with Gasteiger partial charge in [0.1, 0.15) is 17.9 Å². The van der Waals surface area contributed by atoms with Crippen molar-refractivity contribution in [2.45, 2.75) is 19.1 Å². The third-order valence-corrected chi connectivity index (χ3v) is 5.12. The summed E-state index contributed by atoms with van der Waals surface area (Å²) in [5.74, 6) is -1.12. The monoisotopic (exact) mass is 399 g/mol. The minimum Gasteiger partial charge on any atom is -0.350 e. The Balaban J connectivity index is 1.58. The summed E-state index contributed by atoms with van der Waals surface area (Å²) in [6, 6.07) is 21.7. The van der Waals surface area contributed by atoms with Crippen LogP contribution in [0.5, 0.6) is 0 Å². The Morgan fingerprint density at radius 3 is 2.53 bits per heavy atom. The largest absolute Gasteiger partial charge is 0.350 e. The lowest BCUT2D eigenvalue weighted by molar-refractivity contribution is -0.125. The molecule has 30 heavy (non-hydrogen) atoms. The van der Waals surface area contributed by atoms with E-state index < -0.39 is 11.9 Å². The SMILES string of the molecule is N#Cc1cc(CNC(=O)C2c3ccccc3C(=O)N2Cc2ccccc2)ccc1F. The molecule has 0 aromatic heterocycles. The van der Waals surface area contributed by atoms with Crippen LogP contribution in [0.4, 0.5) is 4.39 Å². The van der Waals surface area contributed by atoms with Crippen LogP contribution in [-0.4, -0.2) is 16.7 Å². The van der Waals surface area contributed by atoms with Gasteiger partial charge in [-0.1, -0.05) is 54.6 Å². The van der Waals surface area contributed by atoms with Gasteiger partial charge in [-0.3, -0.25) is 9.59 Å². The van der Waals surface area contributed by atoms with Gasteiger partial charge in [0.05, 0.1) is 5.56 Å². The second-order valence-corrected chi connectivity index (χ2v) is 7.05. The molecule has 0 radical (unpaired) electrons. The Morgan fingerprint density at radius 1 is 1.03 bits per heavy atom. The zero-order chi connectivity index (χ0) is 21.1. The minimum absolute atomic E-state index is 0.0751. The normalized spacial score (nSPS) is 14.9. The van der Waals surface area contributed by atoms with Gasteiger partial charge in [0.25, 0.3) is 5.91 Å². The first kappa shape index (κ1) is 19.3. The number of nitriles is 1. The van der Waals surface area contributed by atoms with Crippen LogP contribution >= 0.6 is 0 Å². The summed E-state index contributed by atoms with van der Waals surface area (Å²) >= 11 is 0. The molecule has 0 fully saturated rings. The first-order chi connectivity index (χ1) is 14.6. The van der Waals surface area contributed by atoms with Gasteiger partial charge in [-0.15, -0.1) is 0 Å². The topological polar surface area (TPSA) is 73.2 Å². The summed E-state index contributed by atoms with van der Waals surface area (Å²) in [5, 5.41) is 11.8. The van der Waals surface area contributed by atoms with Crippen LogP contribution in [0.15, 0.2) is 72.8 Å². The predicted octanol–water partition coefficient (Wildman–Crippen LogP) is 3.71. The highest BCUT2D eigenvalue weighted by molar-refractivity contribution is 6.04. The Bertz CT molecular complexity index is 1150. The Morgan fingerprint density at radius 2 is 1.77 bits per heavy atom. The average Bonchev–Trinajstić information content (AvgIpc) is 3.05. The zero-order valence-electron chi connectivity index (χ0n) is 16.0. The molecular weight excluding hydrogens is 381 g/mol. The molecular formula is C24H18FN3O2. The number of halogens is 1. The second kappa shape index (κ2) is 8.18. The van der Waals surface area contributed by atoms with Crippen LogP contribution < -0.4 is 5.32 Å². The van der Waals surface area contributed by atoms with Crippen molar-refractivity contribution in [2.24, 2.45) is 0 Å². The molecule has 0 saturated heterocycles. The van der Waals surface area contributed by atoms with Crippen LogP contribution in [0.1, 0.15) is 38.7 Å². The summed E-state index contributed by atoms with van der Waals surface area (Å²) in [5.41, 5.74) is 2.63. The van der Waals surface area contributed by atoms with E-state index in [0.717, 1.165) is 5.56 Å². The number of amides is 2. The van der Waals surface area contributed by atoms with Gasteiger partial charge >= 0.3 is 0 Å². The number of hydrogen-bond acceptors (Lipinski definition) is 3. The summed E-state index contributed by atoms with van der Waals surface area (Å²) in [6.07, 6.45) is 0. The minimum atomic E-state index is -0.759. The van der Waals surface area contributed by atoms with Gasteiger partial charge in [0.15, 0.2) is 0 Å². The fourth-order valence-corrected chi connectivity index (χ4v) is 3.65. The van der Waals surface area contributed by atoms with Crippen LogP contribution in [0.3, 0.4) is 0 Å². The van der Waals surface area contributed by atoms with Crippen LogP contribution in [0.2, 0.25) is 0 Å². The number of benzene rings is 3. The lowest BCUT2D eigenvalue weighted by atomic mass is 10.0. The maximum atomic E-state index is 13.5. The van der Waals surface area contributed by atoms with Crippen molar-refractivity contribution in [1.82, 2.24) is 10.2 Å². The fourth-order valence-electron chi connectivity index (χ4n) is 3.65. The molecule has 0 saturated carbocycles. The van der Waals surface area contributed by atoms with Crippen molar-refractivity contribution in [3.63, 3.8) is 0 Å². The smallest absolute Gasteiger partial charge is 0.255 e. The quantitative estimate of drug-likeness (QED) is 0.711. The maximum Gasteiger partial charge on any atom is 0.255 e. The van der Waals surface area contributed by atoms with Gasteiger partial charge < -0.3 is 10.2 Å². The standard InChI is InChI=1S/C24H18FN3O2/c25-21-11-10-17(12-18(21)13-26)14-27-23(29)22-19-8-4-5-9-20(19)24(30)28(22)15-16-6-2-1-3-7-16/h1-12,22H,14-15H2,(H,27,29). The van der Waals surface area contributed by atoms with Crippen molar-refractivity contribution in [1.29, 1.82) is 5.26 Å². The molecule has 3 aromatic carbocycles. The number of carbonyl (C=O) groups excluding carboxylic acids is 2. The number of rotatable bonds is 5. The number of nitrogens with one attached hydrogen (secondary N) is 1. The summed E-state index contributed by atoms with van der Waals surface area (Å²) in [4.78, 5) is 27.6. The molecule has 4 rings (SSSR count). The number of fused-ring (bicyclic) bond motifs is 1. The van der Waals surface area contributed by atoms with Crippen LogP contribution in [0.25, 0.3) is 0 Å². The van der Waals surface area contributed by atoms with Crippen molar-refractivity contribution in [3.05, 3.63) is 106 Å². The Hall–Kier alpha value is -3.98. The third kappa shape index (κ3) is 3.65. The van der Waals surface area contributed by atoms with E-state index >= 15 is 0 Å². The van der Waals surface area contributed by atoms with Crippen molar-refractivity contribution in [2.75, 3.05) is 0 Å². The highest BCUT2D eigenvalue weighted by Crippen LogP contribution is 2.35. The van der Waals surface area contributed by atoms with Gasteiger partial charge in [-0.25, -0.2) is 4.39 Å². The van der Waals surface area contributed by atoms with E-state index in [1.54, 1.807) is 35.2 Å². The average molecular weight is 399 g/mol. The highest BCUT2D eigenvalue weighted by atomic mass is 19.1. The van der Waals surface area contributed by atoms with Crippen molar-refractivity contribution in [3.8, 4) is 6.07 Å². The highest BCUT2D eigenvalue weighted by Gasteiger charge is 2.40. The van der Waals surface area contributed by atoms with Gasteiger partial charge in [-0.05, 0) is 34.9 Å². The molecule has 148 valence electrons. The molecule has 0 aliphatic carbocycles. The molecule has 1 unspecified atom stereocenters. The van der Waals surface area contributed by atoms with Crippen molar-refractivity contribution < 1.29 is 14.0 Å². The first-order valence-corrected chi connectivity index (χ1v) is 9.48. The van der Waals surface area contributed by atoms with E-state index in [1.165, 1.54) is 18.2 Å². The molecule has 1 atom stereocenters. The molecule has 1 aliphatic rings. The number of carbonyl (C=O) groups is 2. The van der Waals surface area contributed by atoms with Gasteiger partial charge in [0, 0.05) is 18.7 Å². The molecule has 0 spiro atoms. The van der Waals surface area contributed by atoms with E-state index in [-0.39, 0.29) is 23.9 Å². The molecule has 3 aromatic rings. The Kier molecular flexibility index (Phi) is 5.27. The summed E-state index contributed by atoms with van der Waals surface area (Å²) < 4.78 is 13.5. The predicted molar refractivity (Wildman–Crippen MR) is 108 cm³/mol. The van der Waals surface area contributed by atoms with E-state index in [0.29, 0.717) is 23.2 Å². The summed E-state index contributed by atoms with van der Waals surface area (Å²) in [7, 11) is 0. The van der Waals surface area contributed by atoms with Gasteiger partial charge in [-0.2, -0.15) is 5.26 Å². The molecule has 6 heteroatoms. The Labute approximate surface area is 173 Å². The van der Waals surface area contributed by atoms with Crippen LogP contribution in [-0.2, 0) is 17.9 Å². The van der Waals surface area contributed by atoms with Gasteiger partial charge in [0.2, 0.25) is 5.91 Å². The van der Waals surface area contributed by atoms with Crippen LogP contribution in [0, 0.1) is 17.1 Å². The molecule has 1 heterocycles. The summed E-state index contributed by atoms with van der Waals surface area (Å²) in [6.45, 7) is 0.432. The molecule has 1 N–H and O–H groups in total. The molecule has 0 bridgehead atoms. The van der Waals surface area contributed by atoms with E-state index in [4.69, 9.17) is 5.26 Å². The fraction of sp³-hybridized carbons (Fsp3) is 0.125. The van der Waals surface area contributed by atoms with E-state index in [1.807, 2.05) is 30.3 Å². The lowest BCUT2D eigenvalue weighted by Gasteiger charge is -2.25. The van der Waals surface area contributed by atoms with Crippen molar-refractivity contribution >= 4 is 11.8 Å². The number of hydrogen-bond donors (Lipinski definition) is 1. The maximum absolute atomic E-state index is 13.5. The lowest BCUT2D eigenvalue weighted by Crippen LogP contribution is -2.38. The second-order valence-electron chi connectivity index (χ2n) is 7.05.